The maximum atomic E-state index is 14.0. The quantitative estimate of drug-likeness (QED) is 0.461. The van der Waals surface area contributed by atoms with E-state index < -0.39 is 11.9 Å². The molecule has 6 nitrogen and oxygen atoms in total. The van der Waals surface area contributed by atoms with Crippen LogP contribution in [0.1, 0.15) is 25.5 Å². The van der Waals surface area contributed by atoms with Gasteiger partial charge in [0.1, 0.15) is 17.7 Å². The van der Waals surface area contributed by atoms with Crippen LogP contribution in [-0.4, -0.2) is 20.4 Å². The Hall–Kier alpha value is -3.16. The number of rotatable bonds is 6. The van der Waals surface area contributed by atoms with Crippen molar-refractivity contribution in [3.05, 3.63) is 87.7 Å². The Kier molecular flexibility index (Phi) is 6.04. The molecule has 0 saturated heterocycles. The van der Waals surface area contributed by atoms with Gasteiger partial charge in [-0.05, 0) is 53.9 Å². The van der Waals surface area contributed by atoms with Gasteiger partial charge in [-0.1, -0.05) is 25.4 Å². The summed E-state index contributed by atoms with van der Waals surface area (Å²) in [5.41, 5.74) is 8.54. The van der Waals surface area contributed by atoms with Gasteiger partial charge >= 0.3 is 0 Å². The van der Waals surface area contributed by atoms with E-state index >= 15 is 0 Å². The van der Waals surface area contributed by atoms with Crippen LogP contribution in [0.4, 0.5) is 4.39 Å². The van der Waals surface area contributed by atoms with E-state index in [2.05, 4.69) is 5.10 Å². The number of pyridine rings is 1. The summed E-state index contributed by atoms with van der Waals surface area (Å²) in [6, 6.07) is 12.8. The number of halogens is 2. The molecule has 2 heterocycles. The molecule has 2 atom stereocenters. The van der Waals surface area contributed by atoms with Gasteiger partial charge in [0, 0.05) is 35.8 Å². The number of aryl methyl sites for hydroxylation is 1. The van der Waals surface area contributed by atoms with Gasteiger partial charge in [0.2, 0.25) is 5.56 Å². The molecule has 4 aromatic rings. The van der Waals surface area contributed by atoms with Gasteiger partial charge in [0.15, 0.2) is 0 Å². The fraction of sp³-hybridized carbons (Fsp3) is 0.250. The van der Waals surface area contributed by atoms with E-state index in [1.54, 1.807) is 36.3 Å². The van der Waals surface area contributed by atoms with E-state index in [9.17, 15) is 9.18 Å². The number of aromatic nitrogens is 3. The minimum atomic E-state index is -0.584. The van der Waals surface area contributed by atoms with Gasteiger partial charge in [0.05, 0.1) is 17.4 Å². The molecule has 2 unspecified atom stereocenters. The average Bonchev–Trinajstić information content (AvgIpc) is 3.16. The van der Waals surface area contributed by atoms with Gasteiger partial charge in [-0.15, -0.1) is 0 Å². The number of hydrogen-bond donors (Lipinski definition) is 1. The van der Waals surface area contributed by atoms with Crippen LogP contribution in [0.25, 0.3) is 16.6 Å². The Morgan fingerprint density at radius 2 is 1.91 bits per heavy atom. The third kappa shape index (κ3) is 4.40. The minimum absolute atomic E-state index is 0.0918. The number of hydrogen-bond acceptors (Lipinski definition) is 4. The molecular formula is C24H24ClFN4O2. The molecule has 0 bridgehead atoms. The lowest BCUT2D eigenvalue weighted by Gasteiger charge is -2.28. The second-order valence-electron chi connectivity index (χ2n) is 8.18. The van der Waals surface area contributed by atoms with Gasteiger partial charge < -0.3 is 15.0 Å². The Morgan fingerprint density at radius 1 is 1.12 bits per heavy atom. The molecule has 0 aliphatic carbocycles. The Bertz CT molecular complexity index is 1310. The van der Waals surface area contributed by atoms with Gasteiger partial charge in [-0.25, -0.2) is 9.07 Å². The van der Waals surface area contributed by atoms with Crippen molar-refractivity contribution in [2.45, 2.75) is 26.0 Å². The van der Waals surface area contributed by atoms with E-state index in [0.717, 1.165) is 16.6 Å². The van der Waals surface area contributed by atoms with Crippen molar-refractivity contribution in [3.8, 4) is 11.4 Å². The predicted molar refractivity (Wildman–Crippen MR) is 124 cm³/mol. The van der Waals surface area contributed by atoms with Crippen LogP contribution in [0.2, 0.25) is 5.02 Å². The van der Waals surface area contributed by atoms with Gasteiger partial charge in [-0.2, -0.15) is 5.10 Å². The highest BCUT2D eigenvalue weighted by Crippen LogP contribution is 2.31. The first-order valence-electron chi connectivity index (χ1n) is 10.3. The molecule has 0 aliphatic rings. The summed E-state index contributed by atoms with van der Waals surface area (Å²) in [5, 5.41) is 5.60. The zero-order valence-electron chi connectivity index (χ0n) is 18.0. The monoisotopic (exact) mass is 454 g/mol. The summed E-state index contributed by atoms with van der Waals surface area (Å²) in [5.74, 6) is 0.239. The molecule has 0 spiro atoms. The van der Waals surface area contributed by atoms with Crippen molar-refractivity contribution in [2.75, 3.05) is 0 Å². The average molecular weight is 455 g/mol. The van der Waals surface area contributed by atoms with Crippen LogP contribution in [0.3, 0.4) is 0 Å². The van der Waals surface area contributed by atoms with Crippen LogP contribution in [0.15, 0.2) is 65.7 Å². The van der Waals surface area contributed by atoms with Crippen molar-refractivity contribution in [1.29, 1.82) is 0 Å². The molecule has 0 radical (unpaired) electrons. The summed E-state index contributed by atoms with van der Waals surface area (Å²) in [7, 11) is 1.69. The lowest BCUT2D eigenvalue weighted by molar-refractivity contribution is 0.151. The van der Waals surface area contributed by atoms with Crippen molar-refractivity contribution in [1.82, 2.24) is 14.3 Å². The number of fused-ring (bicyclic) bond motifs is 1. The lowest BCUT2D eigenvalue weighted by atomic mass is 9.94. The SMILES string of the molecule is CC(C)C(N)C(Oc1ccc2c(cnn2-c2ccc(=O)n(C)c2)c1)c1cc(F)cc(Cl)c1. The van der Waals surface area contributed by atoms with E-state index in [4.69, 9.17) is 22.1 Å². The number of benzene rings is 2. The topological polar surface area (TPSA) is 75.1 Å². The first-order chi connectivity index (χ1) is 15.2. The summed E-state index contributed by atoms with van der Waals surface area (Å²) in [6.45, 7) is 3.98. The molecule has 2 aromatic carbocycles. The Morgan fingerprint density at radius 3 is 2.59 bits per heavy atom. The maximum absolute atomic E-state index is 14.0. The van der Waals surface area contributed by atoms with E-state index in [0.29, 0.717) is 16.3 Å². The van der Waals surface area contributed by atoms with Crippen molar-refractivity contribution in [2.24, 2.45) is 18.7 Å². The van der Waals surface area contributed by atoms with E-state index in [1.165, 1.54) is 22.8 Å². The van der Waals surface area contributed by atoms with Crippen LogP contribution in [0, 0.1) is 11.7 Å². The molecule has 2 aromatic heterocycles. The highest BCUT2D eigenvalue weighted by atomic mass is 35.5. The zero-order valence-corrected chi connectivity index (χ0v) is 18.8. The number of nitrogens with two attached hydrogens (primary N) is 1. The molecule has 166 valence electrons. The molecule has 0 aliphatic heterocycles. The summed E-state index contributed by atoms with van der Waals surface area (Å²) >= 11 is 6.07. The normalized spacial score (nSPS) is 13.5. The number of ether oxygens (including phenoxy) is 1. The fourth-order valence-electron chi connectivity index (χ4n) is 3.60. The van der Waals surface area contributed by atoms with Crippen LogP contribution >= 0.6 is 11.6 Å². The Labute approximate surface area is 190 Å². The lowest BCUT2D eigenvalue weighted by Crippen LogP contribution is -2.36. The van der Waals surface area contributed by atoms with Crippen LogP contribution < -0.4 is 16.0 Å². The highest BCUT2D eigenvalue weighted by molar-refractivity contribution is 6.30. The second kappa shape index (κ2) is 8.76. The molecule has 4 rings (SSSR count). The fourth-order valence-corrected chi connectivity index (χ4v) is 3.83. The summed E-state index contributed by atoms with van der Waals surface area (Å²) in [6.07, 6.45) is 2.87. The third-order valence-corrected chi connectivity index (χ3v) is 5.67. The second-order valence-corrected chi connectivity index (χ2v) is 8.61. The summed E-state index contributed by atoms with van der Waals surface area (Å²) in [4.78, 5) is 11.7. The highest BCUT2D eigenvalue weighted by Gasteiger charge is 2.26. The molecule has 8 heteroatoms. The standard InChI is InChI=1S/C24H24ClFN4O2/c1-14(2)23(27)24(15-8-17(25)11-18(26)9-15)32-20-5-6-21-16(10-20)12-28-30(21)19-4-7-22(31)29(3)13-19/h4-14,23-24H,27H2,1-3H3. The summed E-state index contributed by atoms with van der Waals surface area (Å²) < 4.78 is 23.5. The van der Waals surface area contributed by atoms with Crippen molar-refractivity contribution < 1.29 is 9.13 Å². The van der Waals surface area contributed by atoms with Gasteiger partial charge in [0.25, 0.3) is 0 Å². The molecule has 0 amide bonds. The molecular weight excluding hydrogens is 431 g/mol. The largest absolute Gasteiger partial charge is 0.484 e. The maximum Gasteiger partial charge on any atom is 0.250 e. The Balaban J connectivity index is 1.70. The van der Waals surface area contributed by atoms with E-state index in [-0.39, 0.29) is 17.5 Å². The van der Waals surface area contributed by atoms with Gasteiger partial charge in [-0.3, -0.25) is 4.79 Å². The van der Waals surface area contributed by atoms with Crippen LogP contribution in [-0.2, 0) is 7.05 Å². The third-order valence-electron chi connectivity index (χ3n) is 5.45. The molecule has 0 saturated carbocycles. The smallest absolute Gasteiger partial charge is 0.250 e. The van der Waals surface area contributed by atoms with Crippen molar-refractivity contribution >= 4 is 22.5 Å². The molecule has 32 heavy (non-hydrogen) atoms. The van der Waals surface area contributed by atoms with E-state index in [1.807, 2.05) is 32.0 Å². The first kappa shape index (κ1) is 22.0. The zero-order chi connectivity index (χ0) is 23.0. The van der Waals surface area contributed by atoms with Crippen molar-refractivity contribution in [3.63, 3.8) is 0 Å². The number of nitrogens with zero attached hydrogens (tertiary/aromatic N) is 3. The molecule has 0 fully saturated rings. The minimum Gasteiger partial charge on any atom is -0.484 e. The van der Waals surface area contributed by atoms with Crippen LogP contribution in [0.5, 0.6) is 5.75 Å². The first-order valence-corrected chi connectivity index (χ1v) is 10.6. The predicted octanol–water partition coefficient (Wildman–Crippen LogP) is 4.62. The molecule has 2 N–H and O–H groups in total.